The molecule has 1 amide bonds. The number of nitrogens with zero attached hydrogens (tertiary/aromatic N) is 4. The van der Waals surface area contributed by atoms with Gasteiger partial charge in [0.05, 0.1) is 15.5 Å². The molecule has 9 nitrogen and oxygen atoms in total. The van der Waals surface area contributed by atoms with Crippen LogP contribution in [0.3, 0.4) is 0 Å². The maximum atomic E-state index is 13.5. The van der Waals surface area contributed by atoms with Gasteiger partial charge in [0.25, 0.3) is 15.7 Å². The molecule has 0 radical (unpaired) electrons. The topological polar surface area (TPSA) is 104 Å². The molecule has 1 aliphatic heterocycles. The van der Waals surface area contributed by atoms with E-state index in [0.29, 0.717) is 26.2 Å². The highest BCUT2D eigenvalue weighted by Gasteiger charge is 2.30. The van der Waals surface area contributed by atoms with E-state index in [0.717, 1.165) is 9.99 Å². The Labute approximate surface area is 210 Å². The van der Waals surface area contributed by atoms with E-state index in [2.05, 4.69) is 30.9 Å². The van der Waals surface area contributed by atoms with Crippen molar-refractivity contribution in [1.82, 2.24) is 4.90 Å². The van der Waals surface area contributed by atoms with Gasteiger partial charge >= 0.3 is 0 Å². The van der Waals surface area contributed by atoms with E-state index < -0.39 is 21.5 Å². The summed E-state index contributed by atoms with van der Waals surface area (Å²) in [5.41, 5.74) is 3.57. The number of anilines is 2. The zero-order chi connectivity index (χ0) is 25.9. The number of nitro groups is 1. The fraction of sp³-hybridized carbons (Fsp3) is 0.269. The Morgan fingerprint density at radius 3 is 2.17 bits per heavy atom. The van der Waals surface area contributed by atoms with Crippen LogP contribution in [0.2, 0.25) is 0 Å². The van der Waals surface area contributed by atoms with E-state index in [-0.39, 0.29) is 22.2 Å². The molecule has 0 bridgehead atoms. The first-order valence-corrected chi connectivity index (χ1v) is 13.0. The van der Waals surface area contributed by atoms with Gasteiger partial charge in [0.2, 0.25) is 5.91 Å². The van der Waals surface area contributed by atoms with E-state index >= 15 is 0 Å². The lowest BCUT2D eigenvalue weighted by Gasteiger charge is -2.38. The van der Waals surface area contributed by atoms with Gasteiger partial charge in [-0.05, 0) is 55.3 Å². The molecule has 0 aromatic heterocycles. The van der Waals surface area contributed by atoms with E-state index in [9.17, 15) is 23.3 Å². The first-order chi connectivity index (χ1) is 17.2. The molecule has 1 saturated heterocycles. The van der Waals surface area contributed by atoms with Gasteiger partial charge in [-0.25, -0.2) is 8.42 Å². The van der Waals surface area contributed by atoms with Gasteiger partial charge in [-0.3, -0.25) is 19.2 Å². The van der Waals surface area contributed by atoms with Crippen LogP contribution in [-0.2, 0) is 14.8 Å². The summed E-state index contributed by atoms with van der Waals surface area (Å²) in [5.74, 6) is -0.325. The molecule has 3 aromatic rings. The molecule has 0 atom stereocenters. The number of non-ortho nitro benzene ring substituents is 1. The smallest absolute Gasteiger partial charge is 0.269 e. The fourth-order valence-corrected chi connectivity index (χ4v) is 5.71. The van der Waals surface area contributed by atoms with Crippen molar-refractivity contribution in [3.8, 4) is 0 Å². The zero-order valence-electron chi connectivity index (χ0n) is 20.2. The average molecular weight is 509 g/mol. The van der Waals surface area contributed by atoms with E-state index in [1.165, 1.54) is 47.5 Å². The highest BCUT2D eigenvalue weighted by molar-refractivity contribution is 7.92. The minimum absolute atomic E-state index is 0.0379. The van der Waals surface area contributed by atoms with Crippen molar-refractivity contribution in [2.45, 2.75) is 18.7 Å². The van der Waals surface area contributed by atoms with Crippen LogP contribution < -0.4 is 9.21 Å². The van der Waals surface area contributed by atoms with Gasteiger partial charge in [-0.15, -0.1) is 0 Å². The summed E-state index contributed by atoms with van der Waals surface area (Å²) >= 11 is 0. The lowest BCUT2D eigenvalue weighted by atomic mass is 10.1. The summed E-state index contributed by atoms with van der Waals surface area (Å²) in [6.07, 6.45) is 0. The number of nitro benzene ring substituents is 1. The number of carbonyl (C=O) groups excluding carboxylic acids is 1. The lowest BCUT2D eigenvalue weighted by molar-refractivity contribution is -0.384. The normalized spacial score (nSPS) is 13.9. The van der Waals surface area contributed by atoms with Crippen molar-refractivity contribution in [3.05, 3.63) is 94.0 Å². The molecule has 10 heteroatoms. The van der Waals surface area contributed by atoms with Gasteiger partial charge < -0.3 is 9.80 Å². The number of aryl methyl sites for hydroxylation is 1. The first kappa shape index (κ1) is 25.2. The third-order valence-electron chi connectivity index (χ3n) is 6.51. The molecular formula is C26H28N4O5S. The van der Waals surface area contributed by atoms with Crippen LogP contribution in [-0.4, -0.2) is 56.9 Å². The third-order valence-corrected chi connectivity index (χ3v) is 8.30. The van der Waals surface area contributed by atoms with Crippen LogP contribution in [0.25, 0.3) is 0 Å². The monoisotopic (exact) mass is 508 g/mol. The molecule has 0 N–H and O–H groups in total. The Kier molecular flexibility index (Phi) is 7.25. The Morgan fingerprint density at radius 1 is 0.917 bits per heavy atom. The van der Waals surface area contributed by atoms with Crippen LogP contribution >= 0.6 is 0 Å². The Balaban J connectivity index is 1.55. The number of hydrogen-bond acceptors (Lipinski definition) is 6. The zero-order valence-corrected chi connectivity index (χ0v) is 21.0. The predicted molar refractivity (Wildman–Crippen MR) is 139 cm³/mol. The molecular weight excluding hydrogens is 480 g/mol. The van der Waals surface area contributed by atoms with Crippen LogP contribution in [0.15, 0.2) is 77.7 Å². The summed E-state index contributed by atoms with van der Waals surface area (Å²) in [4.78, 5) is 27.7. The predicted octanol–water partition coefficient (Wildman–Crippen LogP) is 3.76. The number of piperazine rings is 1. The van der Waals surface area contributed by atoms with Crippen molar-refractivity contribution < 1.29 is 18.1 Å². The van der Waals surface area contributed by atoms with Crippen molar-refractivity contribution >= 4 is 33.0 Å². The van der Waals surface area contributed by atoms with Crippen molar-refractivity contribution in [3.63, 3.8) is 0 Å². The van der Waals surface area contributed by atoms with Gasteiger partial charge in [0.1, 0.15) is 6.54 Å². The third kappa shape index (κ3) is 5.18. The molecule has 0 spiro atoms. The van der Waals surface area contributed by atoms with E-state index in [1.807, 2.05) is 6.07 Å². The van der Waals surface area contributed by atoms with Gasteiger partial charge in [-0.2, -0.15) is 0 Å². The number of amides is 1. The average Bonchev–Trinajstić information content (AvgIpc) is 2.89. The van der Waals surface area contributed by atoms with Crippen molar-refractivity contribution in [2.75, 3.05) is 41.9 Å². The SMILES string of the molecule is Cc1cccc(N2CCN(C(=O)CN(c3ccc([N+](=O)[O-])cc3)S(=O)(=O)c3ccccc3)CC2)c1C. The summed E-state index contributed by atoms with van der Waals surface area (Å²) in [6, 6.07) is 19.2. The van der Waals surface area contributed by atoms with Crippen LogP contribution in [0.1, 0.15) is 11.1 Å². The molecule has 188 valence electrons. The summed E-state index contributed by atoms with van der Waals surface area (Å²) in [7, 11) is -4.08. The van der Waals surface area contributed by atoms with Gasteiger partial charge in [0.15, 0.2) is 0 Å². The fourth-order valence-electron chi connectivity index (χ4n) is 4.27. The number of carbonyl (C=O) groups is 1. The first-order valence-electron chi connectivity index (χ1n) is 11.6. The highest BCUT2D eigenvalue weighted by Crippen LogP contribution is 2.27. The molecule has 0 aliphatic carbocycles. The molecule has 0 saturated carbocycles. The van der Waals surface area contributed by atoms with Crippen LogP contribution in [0, 0.1) is 24.0 Å². The number of sulfonamides is 1. The number of rotatable bonds is 7. The van der Waals surface area contributed by atoms with E-state index in [4.69, 9.17) is 0 Å². The van der Waals surface area contributed by atoms with E-state index in [1.54, 1.807) is 23.1 Å². The minimum atomic E-state index is -4.08. The molecule has 3 aromatic carbocycles. The summed E-state index contributed by atoms with van der Waals surface area (Å²) < 4.78 is 28.0. The molecule has 36 heavy (non-hydrogen) atoms. The Morgan fingerprint density at radius 2 is 1.56 bits per heavy atom. The summed E-state index contributed by atoms with van der Waals surface area (Å²) in [6.45, 7) is 5.95. The van der Waals surface area contributed by atoms with Crippen molar-refractivity contribution in [2.24, 2.45) is 0 Å². The Bertz CT molecular complexity index is 1350. The Hall–Kier alpha value is -3.92. The number of benzene rings is 3. The molecule has 1 fully saturated rings. The maximum Gasteiger partial charge on any atom is 0.269 e. The lowest BCUT2D eigenvalue weighted by Crippen LogP contribution is -2.52. The van der Waals surface area contributed by atoms with Crippen LogP contribution in [0.5, 0.6) is 0 Å². The molecule has 1 aliphatic rings. The second-order valence-electron chi connectivity index (χ2n) is 8.69. The molecule has 0 unspecified atom stereocenters. The second-order valence-corrected chi connectivity index (χ2v) is 10.5. The van der Waals surface area contributed by atoms with Gasteiger partial charge in [-0.1, -0.05) is 30.3 Å². The maximum absolute atomic E-state index is 13.5. The molecule has 1 heterocycles. The largest absolute Gasteiger partial charge is 0.368 e. The second kappa shape index (κ2) is 10.4. The minimum Gasteiger partial charge on any atom is -0.368 e. The molecule has 4 rings (SSSR count). The highest BCUT2D eigenvalue weighted by atomic mass is 32.2. The van der Waals surface area contributed by atoms with Gasteiger partial charge in [0, 0.05) is 44.0 Å². The standard InChI is InChI=1S/C26H28N4O5S/c1-20-7-6-10-25(21(20)2)27-15-17-28(18-16-27)26(31)19-29(22-11-13-23(14-12-22)30(32)33)36(34,35)24-8-4-3-5-9-24/h3-14H,15-19H2,1-2H3. The summed E-state index contributed by atoms with van der Waals surface area (Å²) in [5, 5.41) is 11.1. The number of hydrogen-bond donors (Lipinski definition) is 0. The van der Waals surface area contributed by atoms with Crippen molar-refractivity contribution in [1.29, 1.82) is 0 Å². The quantitative estimate of drug-likeness (QED) is 0.356. The van der Waals surface area contributed by atoms with Crippen LogP contribution in [0.4, 0.5) is 17.1 Å².